The van der Waals surface area contributed by atoms with E-state index >= 15 is 0 Å². The summed E-state index contributed by atoms with van der Waals surface area (Å²) in [6, 6.07) is 10.3. The zero-order valence-electron chi connectivity index (χ0n) is 15.4. The van der Waals surface area contributed by atoms with E-state index in [9.17, 15) is 22.0 Å². The van der Waals surface area contributed by atoms with Crippen molar-refractivity contribution in [2.45, 2.75) is 51.6 Å². The van der Waals surface area contributed by atoms with Crippen LogP contribution in [0, 0.1) is 11.6 Å². The van der Waals surface area contributed by atoms with Crippen molar-refractivity contribution in [3.05, 3.63) is 76.4 Å². The molecule has 2 aromatic carbocycles. The first-order valence-corrected chi connectivity index (χ1v) is 9.02. The molecular weight excluding hydrogens is 359 g/mol. The molecule has 5 heteroatoms. The fraction of sp³-hybridized carbons (Fsp3) is 0.364. The van der Waals surface area contributed by atoms with Crippen molar-refractivity contribution in [3.63, 3.8) is 0 Å². The number of benzene rings is 2. The molecular formula is C22H23F5. The van der Waals surface area contributed by atoms with Gasteiger partial charge in [-0.3, -0.25) is 0 Å². The van der Waals surface area contributed by atoms with E-state index in [0.29, 0.717) is 30.4 Å². The number of hydrogen-bond donors (Lipinski definition) is 0. The Bertz CT molecular complexity index is 749. The first-order chi connectivity index (χ1) is 12.7. The van der Waals surface area contributed by atoms with Crippen molar-refractivity contribution in [1.82, 2.24) is 0 Å². The molecule has 0 spiro atoms. The number of allylic oxidation sites excluding steroid dienone is 1. The van der Waals surface area contributed by atoms with Crippen LogP contribution in [0.3, 0.4) is 0 Å². The van der Waals surface area contributed by atoms with Crippen molar-refractivity contribution in [1.29, 1.82) is 0 Å². The van der Waals surface area contributed by atoms with Gasteiger partial charge in [0.1, 0.15) is 11.6 Å². The quantitative estimate of drug-likeness (QED) is 0.443. The number of hydrogen-bond acceptors (Lipinski definition) is 0. The summed E-state index contributed by atoms with van der Waals surface area (Å²) in [6.07, 6.45) is -1.13. The summed E-state index contributed by atoms with van der Waals surface area (Å²) in [5.41, 5.74) is 2.05. The molecule has 146 valence electrons. The Hall–Kier alpha value is -2.17. The summed E-state index contributed by atoms with van der Waals surface area (Å²) < 4.78 is 64.5. The highest BCUT2D eigenvalue weighted by molar-refractivity contribution is 5.52. The standard InChI is InChI=1S/C22H23F5/c1-3-4-15(2)18-9-7-16(8-10-18)5-6-17-13-20(23)19(21(24)14-17)11-12-22(25,26)27/h7-15H,3-6H2,1-2H3/b12-11+. The summed E-state index contributed by atoms with van der Waals surface area (Å²) in [7, 11) is 0. The Morgan fingerprint density at radius 3 is 2.00 bits per heavy atom. The van der Waals surface area contributed by atoms with Crippen LogP contribution in [0.25, 0.3) is 6.08 Å². The molecule has 0 radical (unpaired) electrons. The van der Waals surface area contributed by atoms with Gasteiger partial charge in [-0.1, -0.05) is 44.5 Å². The third-order valence-electron chi connectivity index (χ3n) is 4.55. The highest BCUT2D eigenvalue weighted by atomic mass is 19.4. The minimum absolute atomic E-state index is 0.171. The predicted octanol–water partition coefficient (Wildman–Crippen LogP) is 7.23. The van der Waals surface area contributed by atoms with E-state index in [1.165, 1.54) is 5.56 Å². The second-order valence-corrected chi connectivity index (χ2v) is 6.78. The Labute approximate surface area is 156 Å². The summed E-state index contributed by atoms with van der Waals surface area (Å²) in [5.74, 6) is -1.49. The molecule has 0 saturated heterocycles. The van der Waals surface area contributed by atoms with Gasteiger partial charge >= 0.3 is 6.18 Å². The van der Waals surface area contributed by atoms with E-state index in [4.69, 9.17) is 0 Å². The molecule has 0 saturated carbocycles. The SMILES string of the molecule is CCCC(C)c1ccc(CCc2cc(F)c(/C=C/C(F)(F)F)c(F)c2)cc1. The number of aryl methyl sites for hydroxylation is 2. The third-order valence-corrected chi connectivity index (χ3v) is 4.55. The van der Waals surface area contributed by atoms with Gasteiger partial charge in [-0.25, -0.2) is 8.78 Å². The zero-order chi connectivity index (χ0) is 20.0. The highest BCUT2D eigenvalue weighted by Crippen LogP contribution is 2.24. The average molecular weight is 382 g/mol. The molecule has 0 fully saturated rings. The molecule has 0 bridgehead atoms. The predicted molar refractivity (Wildman–Crippen MR) is 98.6 cm³/mol. The van der Waals surface area contributed by atoms with E-state index in [2.05, 4.69) is 26.0 Å². The molecule has 0 N–H and O–H groups in total. The summed E-state index contributed by atoms with van der Waals surface area (Å²) in [5, 5.41) is 0. The van der Waals surface area contributed by atoms with Gasteiger partial charge in [0, 0.05) is 11.6 Å². The maximum Gasteiger partial charge on any atom is 0.409 e. The molecule has 0 heterocycles. The molecule has 0 aliphatic carbocycles. The van der Waals surface area contributed by atoms with Crippen molar-refractivity contribution in [2.24, 2.45) is 0 Å². The Balaban J connectivity index is 2.05. The maximum atomic E-state index is 14.0. The smallest absolute Gasteiger partial charge is 0.206 e. The summed E-state index contributed by atoms with van der Waals surface area (Å²) >= 11 is 0. The van der Waals surface area contributed by atoms with Gasteiger partial charge in [0.05, 0.1) is 0 Å². The molecule has 1 atom stereocenters. The Kier molecular flexibility index (Phi) is 7.17. The first kappa shape index (κ1) is 21.1. The lowest BCUT2D eigenvalue weighted by molar-refractivity contribution is -0.0790. The monoisotopic (exact) mass is 382 g/mol. The van der Waals surface area contributed by atoms with Crippen LogP contribution in [0.4, 0.5) is 22.0 Å². The molecule has 2 rings (SSSR count). The molecule has 2 aromatic rings. The van der Waals surface area contributed by atoms with Crippen molar-refractivity contribution in [2.75, 3.05) is 0 Å². The van der Waals surface area contributed by atoms with Crippen LogP contribution in [0.1, 0.15) is 54.9 Å². The fourth-order valence-electron chi connectivity index (χ4n) is 3.02. The lowest BCUT2D eigenvalue weighted by Gasteiger charge is -2.11. The lowest BCUT2D eigenvalue weighted by atomic mass is 9.94. The largest absolute Gasteiger partial charge is 0.409 e. The molecule has 0 nitrogen and oxygen atoms in total. The molecule has 0 aromatic heterocycles. The second kappa shape index (κ2) is 9.16. The van der Waals surface area contributed by atoms with Gasteiger partial charge in [-0.15, -0.1) is 0 Å². The minimum atomic E-state index is -4.61. The second-order valence-electron chi connectivity index (χ2n) is 6.78. The van der Waals surface area contributed by atoms with Gasteiger partial charge in [0.2, 0.25) is 0 Å². The van der Waals surface area contributed by atoms with Crippen LogP contribution in [-0.4, -0.2) is 6.18 Å². The fourth-order valence-corrected chi connectivity index (χ4v) is 3.02. The van der Waals surface area contributed by atoms with Crippen molar-refractivity contribution in [3.8, 4) is 0 Å². The number of halogens is 5. The van der Waals surface area contributed by atoms with Crippen LogP contribution >= 0.6 is 0 Å². The molecule has 0 amide bonds. The normalized spacial score (nSPS) is 13.3. The maximum absolute atomic E-state index is 14.0. The molecule has 27 heavy (non-hydrogen) atoms. The van der Waals surface area contributed by atoms with Gasteiger partial charge < -0.3 is 0 Å². The Morgan fingerprint density at radius 1 is 0.926 bits per heavy atom. The Morgan fingerprint density at radius 2 is 1.48 bits per heavy atom. The topological polar surface area (TPSA) is 0 Å². The van der Waals surface area contributed by atoms with Crippen LogP contribution in [0.15, 0.2) is 42.5 Å². The van der Waals surface area contributed by atoms with Crippen LogP contribution in [0.5, 0.6) is 0 Å². The first-order valence-electron chi connectivity index (χ1n) is 9.02. The molecule has 1 unspecified atom stereocenters. The highest BCUT2D eigenvalue weighted by Gasteiger charge is 2.22. The minimum Gasteiger partial charge on any atom is -0.206 e. The molecule has 0 aliphatic heterocycles. The number of alkyl halides is 3. The zero-order valence-corrected chi connectivity index (χ0v) is 15.4. The van der Waals surface area contributed by atoms with E-state index in [1.54, 1.807) is 0 Å². The van der Waals surface area contributed by atoms with Crippen LogP contribution in [-0.2, 0) is 12.8 Å². The summed E-state index contributed by atoms with van der Waals surface area (Å²) in [4.78, 5) is 0. The van der Waals surface area contributed by atoms with Gasteiger partial charge in [0.25, 0.3) is 0 Å². The van der Waals surface area contributed by atoms with Crippen molar-refractivity contribution < 1.29 is 22.0 Å². The number of rotatable bonds is 7. The summed E-state index contributed by atoms with van der Waals surface area (Å²) in [6.45, 7) is 4.33. The van der Waals surface area contributed by atoms with Gasteiger partial charge in [-0.05, 0) is 60.1 Å². The van der Waals surface area contributed by atoms with Crippen LogP contribution < -0.4 is 0 Å². The third kappa shape index (κ3) is 6.49. The van der Waals surface area contributed by atoms with Crippen LogP contribution in [0.2, 0.25) is 0 Å². The van der Waals surface area contributed by atoms with E-state index in [-0.39, 0.29) is 6.08 Å². The van der Waals surface area contributed by atoms with E-state index in [0.717, 1.165) is 30.5 Å². The van der Waals surface area contributed by atoms with E-state index in [1.807, 2.05) is 12.1 Å². The molecule has 0 aliphatic rings. The average Bonchev–Trinajstić information content (AvgIpc) is 2.59. The van der Waals surface area contributed by atoms with E-state index < -0.39 is 23.4 Å². The van der Waals surface area contributed by atoms with Crippen molar-refractivity contribution >= 4 is 6.08 Å². The van der Waals surface area contributed by atoms with Gasteiger partial charge in [-0.2, -0.15) is 13.2 Å². The lowest BCUT2D eigenvalue weighted by Crippen LogP contribution is -2.02. The van der Waals surface area contributed by atoms with Gasteiger partial charge in [0.15, 0.2) is 0 Å².